The van der Waals surface area contributed by atoms with Gasteiger partial charge >= 0.3 is 0 Å². The van der Waals surface area contributed by atoms with E-state index in [-0.39, 0.29) is 29.7 Å². The first-order chi connectivity index (χ1) is 13.0. The number of ether oxygens (including phenoxy) is 1. The Hall–Kier alpha value is -2.97. The number of aryl methyl sites for hydroxylation is 1. The Balaban J connectivity index is 1.53. The molecule has 27 heavy (non-hydrogen) atoms. The first kappa shape index (κ1) is 17.4. The molecule has 1 saturated carbocycles. The number of rotatable bonds is 5. The Morgan fingerprint density at radius 1 is 1.26 bits per heavy atom. The van der Waals surface area contributed by atoms with Crippen LogP contribution in [0.4, 0.5) is 0 Å². The monoisotopic (exact) mass is 371 g/mol. The second kappa shape index (κ2) is 6.98. The maximum absolute atomic E-state index is 13.0. The van der Waals surface area contributed by atoms with Crippen LogP contribution in [0, 0.1) is 6.92 Å². The molecule has 0 aromatic carbocycles. The van der Waals surface area contributed by atoms with Crippen LogP contribution in [0.15, 0.2) is 16.7 Å². The molecule has 1 atom stereocenters. The molecular formula is C18H21N5O4. The van der Waals surface area contributed by atoms with Crippen molar-refractivity contribution in [1.29, 1.82) is 0 Å². The van der Waals surface area contributed by atoms with Crippen molar-refractivity contribution in [3.8, 4) is 5.88 Å². The molecule has 9 nitrogen and oxygen atoms in total. The first-order valence-electron chi connectivity index (χ1n) is 9.03. The Bertz CT molecular complexity index is 876. The lowest BCUT2D eigenvalue weighted by molar-refractivity contribution is 0.0709. The van der Waals surface area contributed by atoms with Crippen LogP contribution in [-0.4, -0.2) is 51.5 Å². The summed E-state index contributed by atoms with van der Waals surface area (Å²) in [5.41, 5.74) is 1.20. The fourth-order valence-corrected chi connectivity index (χ4v) is 3.24. The lowest BCUT2D eigenvalue weighted by Crippen LogP contribution is -2.31. The van der Waals surface area contributed by atoms with Gasteiger partial charge in [-0.25, -0.2) is 4.98 Å². The van der Waals surface area contributed by atoms with Crippen molar-refractivity contribution in [3.05, 3.63) is 35.1 Å². The number of amides is 2. The summed E-state index contributed by atoms with van der Waals surface area (Å²) in [6, 6.07) is 3.22. The normalized spacial score (nSPS) is 19.2. The summed E-state index contributed by atoms with van der Waals surface area (Å²) in [6.45, 7) is 2.39. The van der Waals surface area contributed by atoms with E-state index in [1.54, 1.807) is 17.0 Å². The highest BCUT2D eigenvalue weighted by Gasteiger charge is 2.36. The zero-order chi connectivity index (χ0) is 19.0. The Morgan fingerprint density at radius 2 is 2.07 bits per heavy atom. The molecule has 1 unspecified atom stereocenters. The van der Waals surface area contributed by atoms with E-state index in [0.717, 1.165) is 19.3 Å². The van der Waals surface area contributed by atoms with Crippen molar-refractivity contribution in [1.82, 2.24) is 25.3 Å². The minimum Gasteiger partial charge on any atom is -0.481 e. The average Bonchev–Trinajstić information content (AvgIpc) is 3.14. The summed E-state index contributed by atoms with van der Waals surface area (Å²) in [4.78, 5) is 35.2. The average molecular weight is 371 g/mol. The van der Waals surface area contributed by atoms with Crippen LogP contribution in [0.5, 0.6) is 5.88 Å². The minimum absolute atomic E-state index is 0.0117. The number of carbonyl (C=O) groups excluding carboxylic acids is 2. The van der Waals surface area contributed by atoms with Crippen molar-refractivity contribution < 1.29 is 18.8 Å². The summed E-state index contributed by atoms with van der Waals surface area (Å²) in [6.07, 6.45) is 3.49. The lowest BCUT2D eigenvalue weighted by Gasteiger charge is -2.22. The van der Waals surface area contributed by atoms with Gasteiger partial charge in [-0.05, 0) is 38.7 Å². The van der Waals surface area contributed by atoms with Gasteiger partial charge in [0.1, 0.15) is 6.04 Å². The second-order valence-electron chi connectivity index (χ2n) is 6.90. The van der Waals surface area contributed by atoms with Gasteiger partial charge in [-0.15, -0.1) is 0 Å². The molecule has 1 saturated heterocycles. The van der Waals surface area contributed by atoms with Crippen LogP contribution in [0.1, 0.15) is 64.3 Å². The summed E-state index contributed by atoms with van der Waals surface area (Å²) in [7, 11) is 1.52. The van der Waals surface area contributed by atoms with Crippen LogP contribution in [0.25, 0.3) is 0 Å². The number of carbonyl (C=O) groups is 2. The number of nitrogens with one attached hydrogen (secondary N) is 1. The van der Waals surface area contributed by atoms with Crippen molar-refractivity contribution >= 4 is 11.8 Å². The van der Waals surface area contributed by atoms with E-state index in [1.165, 1.54) is 7.11 Å². The number of nitrogens with zero attached hydrogens (tertiary/aromatic N) is 4. The topological polar surface area (TPSA) is 110 Å². The quantitative estimate of drug-likeness (QED) is 0.851. The molecule has 2 aromatic heterocycles. The molecular weight excluding hydrogens is 350 g/mol. The van der Waals surface area contributed by atoms with Gasteiger partial charge in [-0.2, -0.15) is 4.98 Å². The minimum atomic E-state index is -0.341. The summed E-state index contributed by atoms with van der Waals surface area (Å²) < 4.78 is 10.5. The van der Waals surface area contributed by atoms with Crippen LogP contribution in [-0.2, 0) is 0 Å². The standard InChI is InChI=1S/C18H21N5O4/c1-10-8-11(9-14(19-10)26-2)18(25)23-7-3-4-13(23)17-21-15(22-27-17)16(24)20-12-5-6-12/h8-9,12-13H,3-7H2,1-2H3,(H,20,24). The predicted octanol–water partition coefficient (Wildman–Crippen LogP) is 1.65. The summed E-state index contributed by atoms with van der Waals surface area (Å²) in [5.74, 6) is 0.212. The highest BCUT2D eigenvalue weighted by Crippen LogP contribution is 2.32. The third-order valence-corrected chi connectivity index (χ3v) is 4.74. The molecule has 142 valence electrons. The molecule has 0 spiro atoms. The van der Waals surface area contributed by atoms with Crippen molar-refractivity contribution in [2.75, 3.05) is 13.7 Å². The smallest absolute Gasteiger partial charge is 0.292 e. The van der Waals surface area contributed by atoms with Crippen LogP contribution in [0.2, 0.25) is 0 Å². The maximum atomic E-state index is 13.0. The second-order valence-corrected chi connectivity index (χ2v) is 6.90. The number of aromatic nitrogens is 3. The molecule has 1 aliphatic heterocycles. The third-order valence-electron chi connectivity index (χ3n) is 4.74. The van der Waals surface area contributed by atoms with E-state index in [1.807, 2.05) is 6.92 Å². The predicted molar refractivity (Wildman–Crippen MR) is 93.3 cm³/mol. The summed E-state index contributed by atoms with van der Waals surface area (Å²) in [5, 5.41) is 6.61. The Kier molecular flexibility index (Phi) is 4.51. The number of pyridine rings is 1. The molecule has 9 heteroatoms. The van der Waals surface area contributed by atoms with Crippen molar-refractivity contribution in [2.24, 2.45) is 0 Å². The lowest BCUT2D eigenvalue weighted by atomic mass is 10.1. The zero-order valence-corrected chi connectivity index (χ0v) is 15.3. The van der Waals surface area contributed by atoms with E-state index < -0.39 is 0 Å². The van der Waals surface area contributed by atoms with E-state index >= 15 is 0 Å². The maximum Gasteiger partial charge on any atom is 0.292 e. The van der Waals surface area contributed by atoms with Crippen LogP contribution >= 0.6 is 0 Å². The molecule has 4 rings (SSSR count). The fourth-order valence-electron chi connectivity index (χ4n) is 3.24. The van der Waals surface area contributed by atoms with E-state index in [9.17, 15) is 9.59 Å². The SMILES string of the molecule is COc1cc(C(=O)N2CCCC2c2nc(C(=O)NC3CC3)no2)cc(C)n1. The zero-order valence-electron chi connectivity index (χ0n) is 15.3. The van der Waals surface area contributed by atoms with Gasteiger partial charge in [0.25, 0.3) is 17.6 Å². The number of hydrogen-bond donors (Lipinski definition) is 1. The molecule has 1 aliphatic carbocycles. The van der Waals surface area contributed by atoms with Gasteiger partial charge in [0, 0.05) is 29.9 Å². The van der Waals surface area contributed by atoms with Gasteiger partial charge < -0.3 is 19.5 Å². The molecule has 3 heterocycles. The van der Waals surface area contributed by atoms with Crippen molar-refractivity contribution in [2.45, 2.75) is 44.7 Å². The first-order valence-corrected chi connectivity index (χ1v) is 9.03. The molecule has 2 aromatic rings. The summed E-state index contributed by atoms with van der Waals surface area (Å²) >= 11 is 0. The van der Waals surface area contributed by atoms with E-state index in [0.29, 0.717) is 36.0 Å². The van der Waals surface area contributed by atoms with Crippen LogP contribution in [0.3, 0.4) is 0 Å². The van der Waals surface area contributed by atoms with Crippen molar-refractivity contribution in [3.63, 3.8) is 0 Å². The number of likely N-dealkylation sites (tertiary alicyclic amines) is 1. The molecule has 2 amide bonds. The Labute approximate surface area is 156 Å². The van der Waals surface area contributed by atoms with Gasteiger partial charge in [-0.1, -0.05) is 5.16 Å². The highest BCUT2D eigenvalue weighted by molar-refractivity contribution is 5.95. The molecule has 2 aliphatic rings. The largest absolute Gasteiger partial charge is 0.481 e. The van der Waals surface area contributed by atoms with Gasteiger partial charge in [-0.3, -0.25) is 9.59 Å². The number of hydrogen-bond acceptors (Lipinski definition) is 7. The van der Waals surface area contributed by atoms with Crippen LogP contribution < -0.4 is 10.1 Å². The van der Waals surface area contributed by atoms with Gasteiger partial charge in [0.15, 0.2) is 0 Å². The third kappa shape index (κ3) is 3.62. The Morgan fingerprint density at radius 3 is 2.81 bits per heavy atom. The van der Waals surface area contributed by atoms with Gasteiger partial charge in [0.2, 0.25) is 11.8 Å². The highest BCUT2D eigenvalue weighted by atomic mass is 16.5. The molecule has 0 radical (unpaired) electrons. The van der Waals surface area contributed by atoms with E-state index in [2.05, 4.69) is 20.4 Å². The molecule has 0 bridgehead atoms. The molecule has 1 N–H and O–H groups in total. The van der Waals surface area contributed by atoms with Gasteiger partial charge in [0.05, 0.1) is 7.11 Å². The number of methoxy groups -OCH3 is 1. The van der Waals surface area contributed by atoms with E-state index in [4.69, 9.17) is 9.26 Å². The molecule has 2 fully saturated rings. The fraction of sp³-hybridized carbons (Fsp3) is 0.500.